The second kappa shape index (κ2) is 4.04. The molecule has 96 valence electrons. The van der Waals surface area contributed by atoms with Crippen molar-refractivity contribution < 1.29 is 19.1 Å². The van der Waals surface area contributed by atoms with Gasteiger partial charge in [0.15, 0.2) is 5.88 Å². The average molecular weight is 250 g/mol. The summed E-state index contributed by atoms with van der Waals surface area (Å²) in [6.07, 6.45) is 1.80. The number of aromatic carboxylic acids is 1. The Morgan fingerprint density at radius 3 is 3.06 bits per heavy atom. The maximum atomic E-state index is 11.6. The molecule has 2 saturated heterocycles. The first kappa shape index (κ1) is 11.1. The predicted octanol–water partition coefficient (Wildman–Crippen LogP) is 0.693. The topological polar surface area (TPSA) is 82.8 Å². The van der Waals surface area contributed by atoms with Crippen molar-refractivity contribution in [1.29, 1.82) is 0 Å². The normalized spacial score (nSPS) is 26.9. The van der Waals surface area contributed by atoms with Gasteiger partial charge in [-0.15, -0.1) is 0 Å². The van der Waals surface area contributed by atoms with Crippen molar-refractivity contribution in [3.8, 4) is 0 Å². The zero-order chi connectivity index (χ0) is 12.7. The summed E-state index contributed by atoms with van der Waals surface area (Å²) in [4.78, 5) is 24.4. The number of piperidine rings is 1. The number of furan rings is 1. The molecule has 0 saturated carbocycles. The highest BCUT2D eigenvalue weighted by atomic mass is 16.4. The zero-order valence-corrected chi connectivity index (χ0v) is 9.76. The number of carboxylic acid groups (broad SMARTS) is 1. The number of rotatable bonds is 2. The van der Waals surface area contributed by atoms with Gasteiger partial charge < -0.3 is 19.7 Å². The van der Waals surface area contributed by atoms with Crippen molar-refractivity contribution >= 4 is 17.8 Å². The van der Waals surface area contributed by atoms with Crippen molar-refractivity contribution in [3.63, 3.8) is 0 Å². The van der Waals surface area contributed by atoms with Crippen molar-refractivity contribution in [2.75, 3.05) is 18.0 Å². The summed E-state index contributed by atoms with van der Waals surface area (Å²) in [6, 6.07) is 3.19. The fraction of sp³-hybridized carbons (Fsp3) is 0.500. The highest BCUT2D eigenvalue weighted by Crippen LogP contribution is 2.32. The summed E-state index contributed by atoms with van der Waals surface area (Å²) < 4.78 is 5.32. The third kappa shape index (κ3) is 1.64. The van der Waals surface area contributed by atoms with Crippen LogP contribution in [0.4, 0.5) is 5.88 Å². The van der Waals surface area contributed by atoms with Gasteiger partial charge in [0, 0.05) is 19.2 Å². The van der Waals surface area contributed by atoms with E-state index in [-0.39, 0.29) is 23.6 Å². The summed E-state index contributed by atoms with van der Waals surface area (Å²) in [5.74, 6) is -0.509. The fourth-order valence-corrected chi connectivity index (χ4v) is 2.82. The molecule has 0 aromatic carbocycles. The van der Waals surface area contributed by atoms with Crippen LogP contribution in [0.25, 0.3) is 0 Å². The quantitative estimate of drug-likeness (QED) is 0.807. The SMILES string of the molecule is O=C(O)c1ccc(N2CCCC3C(=O)NCC32)o1. The Labute approximate surface area is 104 Å². The molecule has 2 aliphatic heterocycles. The van der Waals surface area contributed by atoms with Crippen LogP contribution in [0.1, 0.15) is 23.4 Å². The number of hydrogen-bond acceptors (Lipinski definition) is 4. The molecule has 1 aromatic rings. The number of fused-ring (bicyclic) bond motifs is 1. The van der Waals surface area contributed by atoms with E-state index in [1.165, 1.54) is 6.07 Å². The second-order valence-electron chi connectivity index (χ2n) is 4.70. The minimum atomic E-state index is -1.07. The lowest BCUT2D eigenvalue weighted by Gasteiger charge is -2.35. The van der Waals surface area contributed by atoms with Crippen LogP contribution in [0.3, 0.4) is 0 Å². The van der Waals surface area contributed by atoms with Crippen molar-refractivity contribution in [2.45, 2.75) is 18.9 Å². The Kier molecular flexibility index (Phi) is 2.50. The molecule has 6 heteroatoms. The molecule has 2 unspecified atom stereocenters. The van der Waals surface area contributed by atoms with Crippen molar-refractivity contribution in [3.05, 3.63) is 17.9 Å². The lowest BCUT2D eigenvalue weighted by Crippen LogP contribution is -2.45. The van der Waals surface area contributed by atoms with Crippen molar-refractivity contribution in [2.24, 2.45) is 5.92 Å². The lowest BCUT2D eigenvalue weighted by atomic mass is 9.91. The Balaban J connectivity index is 1.86. The molecule has 3 heterocycles. The number of amides is 1. The third-order valence-electron chi connectivity index (χ3n) is 3.69. The smallest absolute Gasteiger partial charge is 0.371 e. The number of carboxylic acids is 1. The fourth-order valence-electron chi connectivity index (χ4n) is 2.82. The maximum absolute atomic E-state index is 11.6. The first-order chi connectivity index (χ1) is 8.66. The van der Waals surface area contributed by atoms with E-state index in [9.17, 15) is 9.59 Å². The monoisotopic (exact) mass is 250 g/mol. The van der Waals surface area contributed by atoms with Gasteiger partial charge in [-0.05, 0) is 18.9 Å². The largest absolute Gasteiger partial charge is 0.475 e. The van der Waals surface area contributed by atoms with E-state index in [2.05, 4.69) is 5.32 Å². The van der Waals surface area contributed by atoms with E-state index in [0.29, 0.717) is 12.4 Å². The summed E-state index contributed by atoms with van der Waals surface area (Å²) in [6.45, 7) is 1.40. The summed E-state index contributed by atoms with van der Waals surface area (Å²) >= 11 is 0. The van der Waals surface area contributed by atoms with Gasteiger partial charge in [0.25, 0.3) is 0 Å². The maximum Gasteiger partial charge on any atom is 0.371 e. The zero-order valence-electron chi connectivity index (χ0n) is 9.76. The molecule has 1 aromatic heterocycles. The molecule has 0 radical (unpaired) electrons. The molecule has 1 amide bonds. The van der Waals surface area contributed by atoms with Crippen LogP contribution in [0.2, 0.25) is 0 Å². The van der Waals surface area contributed by atoms with Gasteiger partial charge in [-0.3, -0.25) is 4.79 Å². The highest BCUT2D eigenvalue weighted by Gasteiger charge is 2.41. The minimum absolute atomic E-state index is 0.00266. The molecular formula is C12H14N2O4. The second-order valence-corrected chi connectivity index (χ2v) is 4.70. The van der Waals surface area contributed by atoms with Gasteiger partial charge in [-0.2, -0.15) is 0 Å². The van der Waals surface area contributed by atoms with E-state index in [1.54, 1.807) is 6.07 Å². The van der Waals surface area contributed by atoms with Gasteiger partial charge in [0.05, 0.1) is 12.0 Å². The number of carbonyl (C=O) groups is 2. The Morgan fingerprint density at radius 1 is 1.50 bits per heavy atom. The molecule has 2 fully saturated rings. The molecule has 0 aliphatic carbocycles. The number of nitrogens with zero attached hydrogens (tertiary/aromatic N) is 1. The highest BCUT2D eigenvalue weighted by molar-refractivity contribution is 5.85. The summed E-state index contributed by atoms with van der Waals surface area (Å²) in [5.41, 5.74) is 0. The van der Waals surface area contributed by atoms with Gasteiger partial charge in [-0.25, -0.2) is 4.79 Å². The van der Waals surface area contributed by atoms with Crippen LogP contribution >= 0.6 is 0 Å². The van der Waals surface area contributed by atoms with E-state index >= 15 is 0 Å². The molecule has 2 atom stereocenters. The van der Waals surface area contributed by atoms with E-state index in [4.69, 9.17) is 9.52 Å². The first-order valence-electron chi connectivity index (χ1n) is 6.04. The molecule has 2 N–H and O–H groups in total. The van der Waals surface area contributed by atoms with Crippen LogP contribution < -0.4 is 10.2 Å². The van der Waals surface area contributed by atoms with Gasteiger partial charge in [0.1, 0.15) is 0 Å². The Bertz CT molecular complexity index is 496. The number of hydrogen-bond donors (Lipinski definition) is 2. The van der Waals surface area contributed by atoms with E-state index < -0.39 is 5.97 Å². The summed E-state index contributed by atoms with van der Waals surface area (Å²) in [7, 11) is 0. The van der Waals surface area contributed by atoms with Gasteiger partial charge >= 0.3 is 5.97 Å². The van der Waals surface area contributed by atoms with Gasteiger partial charge in [-0.1, -0.05) is 0 Å². The minimum Gasteiger partial charge on any atom is -0.475 e. The Morgan fingerprint density at radius 2 is 2.33 bits per heavy atom. The predicted molar refractivity (Wildman–Crippen MR) is 62.5 cm³/mol. The molecule has 18 heavy (non-hydrogen) atoms. The average Bonchev–Trinajstić information content (AvgIpc) is 2.97. The molecule has 3 rings (SSSR count). The van der Waals surface area contributed by atoms with Crippen LogP contribution in [-0.4, -0.2) is 36.1 Å². The molecule has 2 aliphatic rings. The Hall–Kier alpha value is -1.98. The first-order valence-corrected chi connectivity index (χ1v) is 6.04. The summed E-state index contributed by atoms with van der Waals surface area (Å²) in [5, 5.41) is 11.7. The van der Waals surface area contributed by atoms with E-state index in [1.807, 2.05) is 4.90 Å². The third-order valence-corrected chi connectivity index (χ3v) is 3.69. The number of carbonyl (C=O) groups excluding carboxylic acids is 1. The molecule has 0 bridgehead atoms. The van der Waals surface area contributed by atoms with Crippen LogP contribution in [0, 0.1) is 5.92 Å². The van der Waals surface area contributed by atoms with Crippen LogP contribution in [-0.2, 0) is 4.79 Å². The van der Waals surface area contributed by atoms with Gasteiger partial charge in [0.2, 0.25) is 11.7 Å². The number of nitrogens with one attached hydrogen (secondary N) is 1. The standard InChI is InChI=1S/C12H14N2O4/c15-11-7-2-1-5-14(8(7)6-13-11)10-4-3-9(18-10)12(16)17/h3-4,7-8H,1-2,5-6H2,(H,13,15)(H,16,17). The molecular weight excluding hydrogens is 236 g/mol. The van der Waals surface area contributed by atoms with Crippen LogP contribution in [0.15, 0.2) is 16.5 Å². The molecule has 0 spiro atoms. The molecule has 6 nitrogen and oxygen atoms in total. The van der Waals surface area contributed by atoms with Crippen molar-refractivity contribution in [1.82, 2.24) is 5.32 Å². The number of anilines is 1. The lowest BCUT2D eigenvalue weighted by molar-refractivity contribution is -0.123. The van der Waals surface area contributed by atoms with Crippen LogP contribution in [0.5, 0.6) is 0 Å². The van der Waals surface area contributed by atoms with E-state index in [0.717, 1.165) is 19.4 Å².